The number of carbonyl (C=O) groups excluding carboxylic acids is 1. The van der Waals surface area contributed by atoms with Crippen molar-refractivity contribution in [2.75, 3.05) is 6.61 Å². The third-order valence-corrected chi connectivity index (χ3v) is 4.17. The lowest BCUT2D eigenvalue weighted by Gasteiger charge is -2.06. The van der Waals surface area contributed by atoms with Crippen molar-refractivity contribution in [2.24, 2.45) is 0 Å². The van der Waals surface area contributed by atoms with Gasteiger partial charge in [-0.25, -0.2) is 0 Å². The molecule has 2 heteroatoms. The van der Waals surface area contributed by atoms with E-state index in [9.17, 15) is 4.79 Å². The molecule has 0 unspecified atom stereocenters. The molecule has 0 bridgehead atoms. The van der Waals surface area contributed by atoms with E-state index in [-0.39, 0.29) is 5.97 Å². The van der Waals surface area contributed by atoms with E-state index in [2.05, 4.69) is 81.5 Å². The second-order valence-corrected chi connectivity index (χ2v) is 6.96. The van der Waals surface area contributed by atoms with Gasteiger partial charge in [0.1, 0.15) is 6.61 Å². The van der Waals surface area contributed by atoms with Crippen LogP contribution in [0.3, 0.4) is 0 Å². The third-order valence-electron chi connectivity index (χ3n) is 4.17. The normalized spacial score (nSPS) is 12.2. The van der Waals surface area contributed by atoms with E-state index in [1.165, 1.54) is 22.3 Å². The molecular weight excluding hydrogens is 320 g/mol. The van der Waals surface area contributed by atoms with Crippen molar-refractivity contribution in [3.8, 4) is 0 Å². The van der Waals surface area contributed by atoms with E-state index < -0.39 is 0 Å². The first-order chi connectivity index (χ1) is 12.4. The predicted molar refractivity (Wildman–Crippen MR) is 110 cm³/mol. The van der Waals surface area contributed by atoms with Crippen LogP contribution in [0.1, 0.15) is 48.9 Å². The van der Waals surface area contributed by atoms with Crippen LogP contribution < -0.4 is 0 Å². The summed E-state index contributed by atoms with van der Waals surface area (Å²) in [6.07, 6.45) is 5.30. The van der Waals surface area contributed by atoms with Crippen molar-refractivity contribution in [3.63, 3.8) is 0 Å². The first kappa shape index (κ1) is 19.7. The number of esters is 1. The van der Waals surface area contributed by atoms with Gasteiger partial charge < -0.3 is 4.74 Å². The van der Waals surface area contributed by atoms with Gasteiger partial charge >= 0.3 is 5.97 Å². The minimum Gasteiger partial charge on any atom is -0.461 e. The van der Waals surface area contributed by atoms with E-state index in [4.69, 9.17) is 4.74 Å². The van der Waals surface area contributed by atoms with Gasteiger partial charge in [-0.3, -0.25) is 4.79 Å². The fraction of sp³-hybridized carbons (Fsp3) is 0.292. The molecule has 0 spiro atoms. The lowest BCUT2D eigenvalue weighted by Crippen LogP contribution is -2.06. The smallest absolute Gasteiger partial charge is 0.306 e. The van der Waals surface area contributed by atoms with Crippen LogP contribution in [0.25, 0.3) is 12.2 Å². The SMILES string of the molecule is CC(=Cc1ccc(C)cc1)COC(=O)CC/C(C)=C/c1ccc(C)cc1. The maximum Gasteiger partial charge on any atom is 0.306 e. The molecule has 0 aliphatic rings. The number of hydrogen-bond acceptors (Lipinski definition) is 2. The van der Waals surface area contributed by atoms with Crippen molar-refractivity contribution in [1.82, 2.24) is 0 Å². The summed E-state index contributed by atoms with van der Waals surface area (Å²) in [4.78, 5) is 12.0. The number of carbonyl (C=O) groups is 1. The summed E-state index contributed by atoms with van der Waals surface area (Å²) in [5.74, 6) is -0.154. The second-order valence-electron chi connectivity index (χ2n) is 6.96. The number of aryl methyl sites for hydroxylation is 2. The largest absolute Gasteiger partial charge is 0.461 e. The second kappa shape index (κ2) is 9.76. The topological polar surface area (TPSA) is 26.3 Å². The molecule has 0 saturated heterocycles. The Kier molecular flexibility index (Phi) is 7.40. The van der Waals surface area contributed by atoms with Crippen LogP contribution in [-0.2, 0) is 9.53 Å². The van der Waals surface area contributed by atoms with E-state index in [1.807, 2.05) is 6.92 Å². The van der Waals surface area contributed by atoms with Crippen LogP contribution in [0.15, 0.2) is 59.7 Å². The standard InChI is InChI=1S/C24H28O2/c1-18-5-10-22(11-6-18)15-20(3)9-14-24(25)26-17-21(4)16-23-12-7-19(2)8-13-23/h5-8,10-13,15-16H,9,14,17H2,1-4H3/b20-15+,21-16?. The van der Waals surface area contributed by atoms with Crippen molar-refractivity contribution in [2.45, 2.75) is 40.5 Å². The fourth-order valence-electron chi connectivity index (χ4n) is 2.57. The molecule has 0 radical (unpaired) electrons. The lowest BCUT2D eigenvalue weighted by molar-refractivity contribution is -0.142. The summed E-state index contributed by atoms with van der Waals surface area (Å²) >= 11 is 0. The zero-order chi connectivity index (χ0) is 18.9. The van der Waals surface area contributed by atoms with Gasteiger partial charge in [0.05, 0.1) is 0 Å². The van der Waals surface area contributed by atoms with Crippen LogP contribution in [0.2, 0.25) is 0 Å². The van der Waals surface area contributed by atoms with E-state index in [0.717, 1.165) is 11.1 Å². The molecule has 0 aliphatic carbocycles. The molecule has 2 aromatic carbocycles. The Morgan fingerprint density at radius 3 is 1.73 bits per heavy atom. The third kappa shape index (κ3) is 7.10. The molecular formula is C24H28O2. The summed E-state index contributed by atoms with van der Waals surface area (Å²) < 4.78 is 5.38. The average Bonchev–Trinajstić information content (AvgIpc) is 2.62. The molecule has 136 valence electrons. The molecule has 2 aromatic rings. The minimum atomic E-state index is -0.154. The number of benzene rings is 2. The molecule has 0 aromatic heterocycles. The molecule has 0 amide bonds. The van der Waals surface area contributed by atoms with Gasteiger partial charge in [0, 0.05) is 6.42 Å². The van der Waals surface area contributed by atoms with Gasteiger partial charge in [0.15, 0.2) is 0 Å². The average molecular weight is 348 g/mol. The number of rotatable bonds is 7. The molecule has 0 heterocycles. The van der Waals surface area contributed by atoms with E-state index >= 15 is 0 Å². The number of allylic oxidation sites excluding steroid dienone is 1. The summed E-state index contributed by atoms with van der Waals surface area (Å²) in [7, 11) is 0. The molecule has 0 fully saturated rings. The lowest BCUT2D eigenvalue weighted by atomic mass is 10.1. The van der Waals surface area contributed by atoms with Crippen LogP contribution >= 0.6 is 0 Å². The van der Waals surface area contributed by atoms with Gasteiger partial charge in [-0.05, 0) is 50.8 Å². The van der Waals surface area contributed by atoms with Crippen LogP contribution in [0, 0.1) is 13.8 Å². The zero-order valence-corrected chi connectivity index (χ0v) is 16.2. The van der Waals surface area contributed by atoms with Gasteiger partial charge in [0.2, 0.25) is 0 Å². The predicted octanol–water partition coefficient (Wildman–Crippen LogP) is 6.13. The summed E-state index contributed by atoms with van der Waals surface area (Å²) in [5.41, 5.74) is 6.99. The Morgan fingerprint density at radius 2 is 1.23 bits per heavy atom. The monoisotopic (exact) mass is 348 g/mol. The molecule has 0 N–H and O–H groups in total. The van der Waals surface area contributed by atoms with Crippen LogP contribution in [-0.4, -0.2) is 12.6 Å². The highest BCUT2D eigenvalue weighted by Crippen LogP contribution is 2.13. The van der Waals surface area contributed by atoms with Crippen LogP contribution in [0.5, 0.6) is 0 Å². The molecule has 0 aliphatic heterocycles. The molecule has 0 atom stereocenters. The molecule has 0 saturated carbocycles. The minimum absolute atomic E-state index is 0.154. The van der Waals surface area contributed by atoms with Gasteiger partial charge in [-0.2, -0.15) is 0 Å². The van der Waals surface area contributed by atoms with Crippen molar-refractivity contribution in [3.05, 3.63) is 81.9 Å². The summed E-state index contributed by atoms with van der Waals surface area (Å²) in [6, 6.07) is 16.7. The van der Waals surface area contributed by atoms with Gasteiger partial charge in [0.25, 0.3) is 0 Å². The first-order valence-electron chi connectivity index (χ1n) is 9.06. The van der Waals surface area contributed by atoms with Crippen molar-refractivity contribution >= 4 is 18.1 Å². The molecule has 26 heavy (non-hydrogen) atoms. The van der Waals surface area contributed by atoms with Crippen molar-refractivity contribution in [1.29, 1.82) is 0 Å². The first-order valence-corrected chi connectivity index (χ1v) is 9.06. The quantitative estimate of drug-likeness (QED) is 0.562. The van der Waals surface area contributed by atoms with Crippen molar-refractivity contribution < 1.29 is 9.53 Å². The number of hydrogen-bond donors (Lipinski definition) is 0. The van der Waals surface area contributed by atoms with E-state index in [1.54, 1.807) is 0 Å². The highest BCUT2D eigenvalue weighted by molar-refractivity contribution is 5.70. The zero-order valence-electron chi connectivity index (χ0n) is 16.2. The Balaban J connectivity index is 1.77. The Hall–Kier alpha value is -2.61. The Labute approximate surface area is 157 Å². The Morgan fingerprint density at radius 1 is 0.769 bits per heavy atom. The Bertz CT molecular complexity index is 710. The van der Waals surface area contributed by atoms with Gasteiger partial charge in [-0.15, -0.1) is 0 Å². The fourth-order valence-corrected chi connectivity index (χ4v) is 2.57. The maximum atomic E-state index is 12.0. The maximum absolute atomic E-state index is 12.0. The summed E-state index contributed by atoms with van der Waals surface area (Å²) in [6.45, 7) is 8.52. The molecule has 2 nitrogen and oxygen atoms in total. The van der Waals surface area contributed by atoms with Crippen LogP contribution in [0.4, 0.5) is 0 Å². The van der Waals surface area contributed by atoms with E-state index in [0.29, 0.717) is 19.4 Å². The molecule has 2 rings (SSSR count). The van der Waals surface area contributed by atoms with Gasteiger partial charge in [-0.1, -0.05) is 77.4 Å². The summed E-state index contributed by atoms with van der Waals surface area (Å²) in [5, 5.41) is 0. The highest BCUT2D eigenvalue weighted by atomic mass is 16.5. The number of ether oxygens (including phenoxy) is 1. The highest BCUT2D eigenvalue weighted by Gasteiger charge is 2.04.